The van der Waals surface area contributed by atoms with E-state index in [1.807, 2.05) is 13.0 Å². The summed E-state index contributed by atoms with van der Waals surface area (Å²) >= 11 is 3.38. The summed E-state index contributed by atoms with van der Waals surface area (Å²) in [5.74, 6) is 0.423. The van der Waals surface area contributed by atoms with Gasteiger partial charge < -0.3 is 5.73 Å². The smallest absolute Gasteiger partial charge is 0.0603 e. The first kappa shape index (κ1) is 10.7. The second kappa shape index (κ2) is 4.20. The minimum Gasteiger partial charge on any atom is -0.322 e. The molecule has 0 bridgehead atoms. The van der Waals surface area contributed by atoms with Crippen molar-refractivity contribution in [2.75, 3.05) is 0 Å². The molecule has 0 amide bonds. The zero-order valence-corrected chi connectivity index (χ0v) is 9.80. The summed E-state index contributed by atoms with van der Waals surface area (Å²) in [6.07, 6.45) is 1.80. The highest BCUT2D eigenvalue weighted by Gasteiger charge is 2.13. The van der Waals surface area contributed by atoms with Gasteiger partial charge in [0.25, 0.3) is 0 Å². The van der Waals surface area contributed by atoms with Crippen LogP contribution in [0.5, 0.6) is 0 Å². The third-order valence-electron chi connectivity index (χ3n) is 2.12. The fourth-order valence-corrected chi connectivity index (χ4v) is 1.66. The van der Waals surface area contributed by atoms with Crippen LogP contribution in [0.15, 0.2) is 16.7 Å². The lowest BCUT2D eigenvalue weighted by molar-refractivity contribution is 0.500. The van der Waals surface area contributed by atoms with E-state index in [0.717, 1.165) is 15.7 Å². The Hall–Kier alpha value is -0.410. The van der Waals surface area contributed by atoms with E-state index in [4.69, 9.17) is 5.73 Å². The van der Waals surface area contributed by atoms with Crippen LogP contribution in [-0.4, -0.2) is 4.98 Å². The summed E-state index contributed by atoms with van der Waals surface area (Å²) in [7, 11) is 0. The Morgan fingerprint density at radius 3 is 2.54 bits per heavy atom. The van der Waals surface area contributed by atoms with Crippen LogP contribution in [0, 0.1) is 12.8 Å². The molecule has 0 aliphatic rings. The Kier molecular flexibility index (Phi) is 3.45. The van der Waals surface area contributed by atoms with E-state index in [9.17, 15) is 0 Å². The van der Waals surface area contributed by atoms with E-state index < -0.39 is 0 Å². The highest BCUT2D eigenvalue weighted by atomic mass is 79.9. The number of hydrogen-bond donors (Lipinski definition) is 1. The van der Waals surface area contributed by atoms with Gasteiger partial charge in [0.1, 0.15) is 0 Å². The maximum absolute atomic E-state index is 6.01. The van der Waals surface area contributed by atoms with Crippen molar-refractivity contribution < 1.29 is 0 Å². The van der Waals surface area contributed by atoms with Crippen molar-refractivity contribution in [3.05, 3.63) is 28.0 Å². The van der Waals surface area contributed by atoms with Crippen LogP contribution in [0.3, 0.4) is 0 Å². The zero-order valence-electron chi connectivity index (χ0n) is 8.21. The summed E-state index contributed by atoms with van der Waals surface area (Å²) < 4.78 is 1.00. The van der Waals surface area contributed by atoms with Gasteiger partial charge in [-0.2, -0.15) is 0 Å². The van der Waals surface area contributed by atoms with Gasteiger partial charge in [0.2, 0.25) is 0 Å². The monoisotopic (exact) mass is 242 g/mol. The largest absolute Gasteiger partial charge is 0.322 e. The fraction of sp³-hybridized carbons (Fsp3) is 0.500. The summed E-state index contributed by atoms with van der Waals surface area (Å²) in [5, 5.41) is 0. The maximum Gasteiger partial charge on any atom is 0.0603 e. The predicted octanol–water partition coefficient (Wildman–Crippen LogP) is 2.81. The topological polar surface area (TPSA) is 38.9 Å². The Balaban J connectivity index is 3.01. The van der Waals surface area contributed by atoms with E-state index in [2.05, 4.69) is 34.8 Å². The average Bonchev–Trinajstić information content (AvgIpc) is 2.03. The molecule has 0 aliphatic heterocycles. The van der Waals surface area contributed by atoms with Crippen LogP contribution in [0.4, 0.5) is 0 Å². The molecule has 1 aromatic heterocycles. The fourth-order valence-electron chi connectivity index (χ4n) is 1.22. The molecule has 0 aromatic carbocycles. The van der Waals surface area contributed by atoms with Crippen molar-refractivity contribution in [2.45, 2.75) is 26.8 Å². The van der Waals surface area contributed by atoms with Crippen LogP contribution in [-0.2, 0) is 0 Å². The van der Waals surface area contributed by atoms with Crippen molar-refractivity contribution in [3.63, 3.8) is 0 Å². The molecule has 0 saturated heterocycles. The number of nitrogens with zero attached hydrogens (tertiary/aromatic N) is 1. The Morgan fingerprint density at radius 2 is 2.08 bits per heavy atom. The van der Waals surface area contributed by atoms with Gasteiger partial charge in [-0.1, -0.05) is 13.8 Å². The maximum atomic E-state index is 6.01. The third-order valence-corrected chi connectivity index (χ3v) is 2.55. The molecular formula is C10H15BrN2. The van der Waals surface area contributed by atoms with Crippen LogP contribution >= 0.6 is 15.9 Å². The minimum atomic E-state index is 0.0353. The first-order valence-corrected chi connectivity index (χ1v) is 5.19. The summed E-state index contributed by atoms with van der Waals surface area (Å²) in [4.78, 5) is 4.33. The number of hydrogen-bond acceptors (Lipinski definition) is 2. The first-order valence-electron chi connectivity index (χ1n) is 4.40. The van der Waals surface area contributed by atoms with Crippen molar-refractivity contribution in [1.29, 1.82) is 0 Å². The molecule has 0 unspecified atom stereocenters. The number of aryl methyl sites for hydroxylation is 1. The number of halogens is 1. The Labute approximate surface area is 87.7 Å². The molecule has 13 heavy (non-hydrogen) atoms. The standard InChI is InChI=1S/C10H15BrN2/c1-6(2)9(12)10-7(3)4-8(11)5-13-10/h4-6,9H,12H2,1-3H3/t9-/m0/s1. The van der Waals surface area contributed by atoms with Crippen LogP contribution < -0.4 is 5.73 Å². The number of nitrogens with two attached hydrogens (primary N) is 1. The number of rotatable bonds is 2. The number of aromatic nitrogens is 1. The lowest BCUT2D eigenvalue weighted by atomic mass is 9.98. The van der Waals surface area contributed by atoms with Crippen molar-refractivity contribution in [2.24, 2.45) is 11.7 Å². The van der Waals surface area contributed by atoms with Gasteiger partial charge >= 0.3 is 0 Å². The minimum absolute atomic E-state index is 0.0353. The third kappa shape index (κ3) is 2.51. The molecule has 3 heteroatoms. The summed E-state index contributed by atoms with van der Waals surface area (Å²) in [6.45, 7) is 6.25. The molecule has 0 spiro atoms. The summed E-state index contributed by atoms with van der Waals surface area (Å²) in [6, 6.07) is 2.08. The normalized spacial score (nSPS) is 13.4. The quantitative estimate of drug-likeness (QED) is 0.867. The van der Waals surface area contributed by atoms with Gasteiger partial charge in [-0.05, 0) is 40.4 Å². The molecule has 0 radical (unpaired) electrons. The number of pyridine rings is 1. The van der Waals surface area contributed by atoms with Crippen molar-refractivity contribution >= 4 is 15.9 Å². The Bertz CT molecular complexity index is 297. The highest BCUT2D eigenvalue weighted by Crippen LogP contribution is 2.22. The van der Waals surface area contributed by atoms with Gasteiger partial charge in [-0.25, -0.2) is 0 Å². The molecule has 0 fully saturated rings. The van der Waals surface area contributed by atoms with E-state index >= 15 is 0 Å². The van der Waals surface area contributed by atoms with Crippen molar-refractivity contribution in [3.8, 4) is 0 Å². The van der Waals surface area contributed by atoms with Gasteiger partial charge in [-0.3, -0.25) is 4.98 Å². The molecule has 72 valence electrons. The highest BCUT2D eigenvalue weighted by molar-refractivity contribution is 9.10. The lowest BCUT2D eigenvalue weighted by Crippen LogP contribution is -2.19. The van der Waals surface area contributed by atoms with Crippen molar-refractivity contribution in [1.82, 2.24) is 4.98 Å². The van der Waals surface area contributed by atoms with E-state index in [1.54, 1.807) is 6.20 Å². The van der Waals surface area contributed by atoms with E-state index in [0.29, 0.717) is 5.92 Å². The predicted molar refractivity (Wildman–Crippen MR) is 58.4 cm³/mol. The molecule has 2 N–H and O–H groups in total. The first-order chi connectivity index (χ1) is 6.02. The van der Waals surface area contributed by atoms with E-state index in [1.165, 1.54) is 0 Å². The molecule has 1 rings (SSSR count). The van der Waals surface area contributed by atoms with Gasteiger partial charge in [0, 0.05) is 16.7 Å². The van der Waals surface area contributed by atoms with E-state index in [-0.39, 0.29) is 6.04 Å². The van der Waals surface area contributed by atoms with Gasteiger partial charge in [-0.15, -0.1) is 0 Å². The molecule has 0 aliphatic carbocycles. The lowest BCUT2D eigenvalue weighted by Gasteiger charge is -2.16. The summed E-state index contributed by atoms with van der Waals surface area (Å²) in [5.41, 5.74) is 8.16. The molecule has 0 saturated carbocycles. The molecule has 1 atom stereocenters. The van der Waals surface area contributed by atoms with Gasteiger partial charge in [0.05, 0.1) is 5.69 Å². The Morgan fingerprint density at radius 1 is 1.46 bits per heavy atom. The van der Waals surface area contributed by atoms with Gasteiger partial charge in [0.15, 0.2) is 0 Å². The van der Waals surface area contributed by atoms with Crippen LogP contribution in [0.2, 0.25) is 0 Å². The average molecular weight is 243 g/mol. The molecule has 2 nitrogen and oxygen atoms in total. The second-order valence-electron chi connectivity index (χ2n) is 3.63. The second-order valence-corrected chi connectivity index (χ2v) is 4.54. The molecule has 1 aromatic rings. The van der Waals surface area contributed by atoms with Crippen LogP contribution in [0.1, 0.15) is 31.1 Å². The SMILES string of the molecule is Cc1cc(Br)cnc1[C@@H](N)C(C)C. The molecular weight excluding hydrogens is 228 g/mol. The zero-order chi connectivity index (χ0) is 10.0. The van der Waals surface area contributed by atoms with Crippen LogP contribution in [0.25, 0.3) is 0 Å². The molecule has 1 heterocycles.